The van der Waals surface area contributed by atoms with Gasteiger partial charge in [-0.15, -0.1) is 0 Å². The van der Waals surface area contributed by atoms with Crippen molar-refractivity contribution in [2.75, 3.05) is 5.32 Å². The summed E-state index contributed by atoms with van der Waals surface area (Å²) in [7, 11) is 1.84. The van der Waals surface area contributed by atoms with Crippen molar-refractivity contribution in [1.29, 1.82) is 0 Å². The van der Waals surface area contributed by atoms with Gasteiger partial charge in [0.1, 0.15) is 0 Å². The lowest BCUT2D eigenvalue weighted by atomic mass is 10.3. The third-order valence-corrected chi connectivity index (χ3v) is 3.27. The molecular formula is C13H20N6O. The molecule has 0 atom stereocenters. The number of hydrogen-bond acceptors (Lipinski definition) is 3. The number of amides is 2. The Bertz CT molecular complexity index is 612. The fraction of sp³-hybridized carbons (Fsp3) is 0.462. The van der Waals surface area contributed by atoms with E-state index in [-0.39, 0.29) is 6.03 Å². The molecule has 0 fully saturated rings. The van der Waals surface area contributed by atoms with Gasteiger partial charge in [-0.1, -0.05) is 0 Å². The van der Waals surface area contributed by atoms with Crippen LogP contribution in [0.15, 0.2) is 12.3 Å². The standard InChI is InChI=1S/C13H20N6O/c1-5-19-10(3)12(9(2)17-19)16-13(20)14-8-11-6-7-15-18(11)4/h6-7H,5,8H2,1-4H3,(H2,14,16,20). The van der Waals surface area contributed by atoms with Gasteiger partial charge in [0.15, 0.2) is 0 Å². The molecule has 0 radical (unpaired) electrons. The lowest BCUT2D eigenvalue weighted by Crippen LogP contribution is -2.29. The molecule has 2 heterocycles. The average Bonchev–Trinajstić information content (AvgIpc) is 2.94. The number of nitrogens with zero attached hydrogens (tertiary/aromatic N) is 4. The topological polar surface area (TPSA) is 76.8 Å². The zero-order valence-corrected chi connectivity index (χ0v) is 12.3. The van der Waals surface area contributed by atoms with Crippen LogP contribution in [0.1, 0.15) is 24.0 Å². The van der Waals surface area contributed by atoms with E-state index < -0.39 is 0 Å². The fourth-order valence-corrected chi connectivity index (χ4v) is 2.09. The number of rotatable bonds is 4. The van der Waals surface area contributed by atoms with Gasteiger partial charge < -0.3 is 10.6 Å². The van der Waals surface area contributed by atoms with Gasteiger partial charge in [0.25, 0.3) is 0 Å². The Morgan fingerprint density at radius 2 is 2.15 bits per heavy atom. The maximum atomic E-state index is 11.9. The number of carbonyl (C=O) groups excluding carboxylic acids is 1. The maximum Gasteiger partial charge on any atom is 0.319 e. The van der Waals surface area contributed by atoms with Crippen molar-refractivity contribution in [3.8, 4) is 0 Å². The first-order valence-corrected chi connectivity index (χ1v) is 6.58. The van der Waals surface area contributed by atoms with Gasteiger partial charge in [0.05, 0.1) is 29.3 Å². The zero-order chi connectivity index (χ0) is 14.7. The Morgan fingerprint density at radius 3 is 2.70 bits per heavy atom. The molecule has 0 saturated carbocycles. The number of urea groups is 1. The summed E-state index contributed by atoms with van der Waals surface area (Å²) in [5.41, 5.74) is 3.49. The van der Waals surface area contributed by atoms with Crippen molar-refractivity contribution >= 4 is 11.7 Å². The molecule has 0 aliphatic rings. The molecule has 7 nitrogen and oxygen atoms in total. The van der Waals surface area contributed by atoms with Crippen LogP contribution in [0.4, 0.5) is 10.5 Å². The third-order valence-electron chi connectivity index (χ3n) is 3.27. The highest BCUT2D eigenvalue weighted by molar-refractivity contribution is 5.90. The van der Waals surface area contributed by atoms with E-state index in [4.69, 9.17) is 0 Å². The summed E-state index contributed by atoms with van der Waals surface area (Å²) in [6, 6.07) is 1.62. The highest BCUT2D eigenvalue weighted by Gasteiger charge is 2.13. The molecule has 20 heavy (non-hydrogen) atoms. The summed E-state index contributed by atoms with van der Waals surface area (Å²) < 4.78 is 3.60. The molecule has 7 heteroatoms. The minimum absolute atomic E-state index is 0.243. The Morgan fingerprint density at radius 1 is 1.40 bits per heavy atom. The summed E-state index contributed by atoms with van der Waals surface area (Å²) >= 11 is 0. The number of aromatic nitrogens is 4. The Kier molecular flexibility index (Phi) is 4.07. The highest BCUT2D eigenvalue weighted by Crippen LogP contribution is 2.18. The molecule has 0 aliphatic carbocycles. The Labute approximate surface area is 118 Å². The van der Waals surface area contributed by atoms with E-state index in [1.807, 2.05) is 38.6 Å². The van der Waals surface area contributed by atoms with Gasteiger partial charge in [-0.05, 0) is 26.8 Å². The average molecular weight is 276 g/mol. The van der Waals surface area contributed by atoms with Gasteiger partial charge in [-0.2, -0.15) is 10.2 Å². The second-order valence-corrected chi connectivity index (χ2v) is 4.62. The summed E-state index contributed by atoms with van der Waals surface area (Å²) in [5, 5.41) is 14.1. The van der Waals surface area contributed by atoms with E-state index in [1.54, 1.807) is 10.9 Å². The molecule has 0 unspecified atom stereocenters. The van der Waals surface area contributed by atoms with E-state index in [1.165, 1.54) is 0 Å². The van der Waals surface area contributed by atoms with Gasteiger partial charge in [-0.3, -0.25) is 9.36 Å². The largest absolute Gasteiger partial charge is 0.332 e. The van der Waals surface area contributed by atoms with Crippen LogP contribution in [-0.4, -0.2) is 25.6 Å². The SMILES string of the molecule is CCn1nc(C)c(NC(=O)NCc2ccnn2C)c1C. The van der Waals surface area contributed by atoms with Crippen molar-refractivity contribution in [1.82, 2.24) is 24.9 Å². The molecule has 0 spiro atoms. The number of anilines is 1. The van der Waals surface area contributed by atoms with Gasteiger partial charge >= 0.3 is 6.03 Å². The quantitative estimate of drug-likeness (QED) is 0.890. The summed E-state index contributed by atoms with van der Waals surface area (Å²) in [4.78, 5) is 11.9. The molecule has 2 N–H and O–H groups in total. The predicted octanol–water partition coefficient (Wildman–Crippen LogP) is 1.58. The van der Waals surface area contributed by atoms with E-state index in [0.717, 1.165) is 29.3 Å². The van der Waals surface area contributed by atoms with E-state index >= 15 is 0 Å². The van der Waals surface area contributed by atoms with E-state index in [9.17, 15) is 4.79 Å². The van der Waals surface area contributed by atoms with E-state index in [2.05, 4.69) is 20.8 Å². The predicted molar refractivity (Wildman–Crippen MR) is 76.4 cm³/mol. The Balaban J connectivity index is 1.98. The molecular weight excluding hydrogens is 256 g/mol. The van der Waals surface area contributed by atoms with Crippen LogP contribution >= 0.6 is 0 Å². The number of aryl methyl sites for hydroxylation is 3. The molecule has 0 saturated heterocycles. The summed E-state index contributed by atoms with van der Waals surface area (Å²) in [5.74, 6) is 0. The molecule has 2 aromatic heterocycles. The van der Waals surface area contributed by atoms with Crippen LogP contribution in [0, 0.1) is 13.8 Å². The van der Waals surface area contributed by atoms with Crippen LogP contribution in [0.25, 0.3) is 0 Å². The van der Waals surface area contributed by atoms with Crippen LogP contribution in [0.3, 0.4) is 0 Å². The highest BCUT2D eigenvalue weighted by atomic mass is 16.2. The second kappa shape index (κ2) is 5.77. The molecule has 108 valence electrons. The van der Waals surface area contributed by atoms with Gasteiger partial charge in [-0.25, -0.2) is 4.79 Å². The normalized spacial score (nSPS) is 10.6. The third kappa shape index (κ3) is 2.81. The molecule has 0 aromatic carbocycles. The number of hydrogen-bond donors (Lipinski definition) is 2. The van der Waals surface area contributed by atoms with Crippen molar-refractivity contribution < 1.29 is 4.79 Å². The molecule has 2 amide bonds. The van der Waals surface area contributed by atoms with Crippen molar-refractivity contribution in [3.05, 3.63) is 29.3 Å². The number of nitrogens with one attached hydrogen (secondary N) is 2. The summed E-state index contributed by atoms with van der Waals surface area (Å²) in [6.45, 7) is 7.06. The minimum Gasteiger partial charge on any atom is -0.332 e. The second-order valence-electron chi connectivity index (χ2n) is 4.62. The first kappa shape index (κ1) is 14.1. The zero-order valence-electron chi connectivity index (χ0n) is 12.3. The lowest BCUT2D eigenvalue weighted by molar-refractivity contribution is 0.251. The molecule has 0 aliphatic heterocycles. The first-order chi connectivity index (χ1) is 9.52. The van der Waals surface area contributed by atoms with Gasteiger partial charge in [0.2, 0.25) is 0 Å². The van der Waals surface area contributed by atoms with Crippen LogP contribution in [0.5, 0.6) is 0 Å². The van der Waals surface area contributed by atoms with Crippen LogP contribution in [0.2, 0.25) is 0 Å². The molecule has 2 aromatic rings. The van der Waals surface area contributed by atoms with Crippen molar-refractivity contribution in [2.45, 2.75) is 33.9 Å². The van der Waals surface area contributed by atoms with Crippen molar-refractivity contribution in [3.63, 3.8) is 0 Å². The Hall–Kier alpha value is -2.31. The minimum atomic E-state index is -0.243. The summed E-state index contributed by atoms with van der Waals surface area (Å²) in [6.07, 6.45) is 1.70. The van der Waals surface area contributed by atoms with Crippen molar-refractivity contribution in [2.24, 2.45) is 7.05 Å². The smallest absolute Gasteiger partial charge is 0.319 e. The maximum absolute atomic E-state index is 11.9. The lowest BCUT2D eigenvalue weighted by Gasteiger charge is -2.08. The van der Waals surface area contributed by atoms with Gasteiger partial charge in [0, 0.05) is 19.8 Å². The van der Waals surface area contributed by atoms with Crippen LogP contribution in [-0.2, 0) is 20.1 Å². The van der Waals surface area contributed by atoms with Crippen LogP contribution < -0.4 is 10.6 Å². The molecule has 0 bridgehead atoms. The molecule has 2 rings (SSSR count). The van der Waals surface area contributed by atoms with E-state index in [0.29, 0.717) is 6.54 Å². The first-order valence-electron chi connectivity index (χ1n) is 6.58. The fourth-order valence-electron chi connectivity index (χ4n) is 2.09. The number of carbonyl (C=O) groups is 1. The monoisotopic (exact) mass is 276 g/mol.